The standard InChI is InChI=1S/C10H16N2O4/c1-3-6-16-9(15)12-5-4-11-10(2,7-12)8(13)14/h3,11H,1,4-7H2,2H3,(H,13,14). The van der Waals surface area contributed by atoms with Crippen LogP contribution in [-0.4, -0.2) is 53.8 Å². The zero-order chi connectivity index (χ0) is 12.2. The van der Waals surface area contributed by atoms with Crippen molar-refractivity contribution in [2.45, 2.75) is 12.5 Å². The first-order valence-corrected chi connectivity index (χ1v) is 5.00. The number of hydrogen-bond acceptors (Lipinski definition) is 4. The second kappa shape index (κ2) is 4.98. The van der Waals surface area contributed by atoms with E-state index in [1.165, 1.54) is 11.0 Å². The van der Waals surface area contributed by atoms with Crippen LogP contribution in [0.25, 0.3) is 0 Å². The summed E-state index contributed by atoms with van der Waals surface area (Å²) >= 11 is 0. The van der Waals surface area contributed by atoms with Crippen LogP contribution in [0.4, 0.5) is 4.79 Å². The molecule has 0 radical (unpaired) electrons. The fourth-order valence-corrected chi connectivity index (χ4v) is 1.50. The highest BCUT2D eigenvalue weighted by atomic mass is 16.6. The Bertz CT molecular complexity index is 305. The van der Waals surface area contributed by atoms with E-state index in [-0.39, 0.29) is 13.2 Å². The molecule has 6 nitrogen and oxygen atoms in total. The average molecular weight is 228 g/mol. The van der Waals surface area contributed by atoms with Gasteiger partial charge >= 0.3 is 12.1 Å². The molecular formula is C10H16N2O4. The Hall–Kier alpha value is -1.56. The third-order valence-electron chi connectivity index (χ3n) is 2.46. The van der Waals surface area contributed by atoms with Gasteiger partial charge in [-0.25, -0.2) is 4.79 Å². The molecule has 0 aromatic heterocycles. The summed E-state index contributed by atoms with van der Waals surface area (Å²) < 4.78 is 4.85. The summed E-state index contributed by atoms with van der Waals surface area (Å²) in [5, 5.41) is 11.9. The molecule has 16 heavy (non-hydrogen) atoms. The Morgan fingerprint density at radius 1 is 1.69 bits per heavy atom. The lowest BCUT2D eigenvalue weighted by molar-refractivity contribution is -0.145. The van der Waals surface area contributed by atoms with Crippen molar-refractivity contribution in [1.82, 2.24) is 10.2 Å². The van der Waals surface area contributed by atoms with Gasteiger partial charge in [-0.3, -0.25) is 10.1 Å². The van der Waals surface area contributed by atoms with Crippen LogP contribution < -0.4 is 5.32 Å². The molecule has 1 heterocycles. The van der Waals surface area contributed by atoms with Crippen molar-refractivity contribution in [3.63, 3.8) is 0 Å². The summed E-state index contributed by atoms with van der Waals surface area (Å²) in [5.74, 6) is -0.978. The topological polar surface area (TPSA) is 78.9 Å². The summed E-state index contributed by atoms with van der Waals surface area (Å²) in [6, 6.07) is 0. The van der Waals surface area contributed by atoms with Crippen LogP contribution in [-0.2, 0) is 9.53 Å². The number of aliphatic carboxylic acids is 1. The molecule has 90 valence electrons. The van der Waals surface area contributed by atoms with Crippen molar-refractivity contribution in [3.05, 3.63) is 12.7 Å². The smallest absolute Gasteiger partial charge is 0.410 e. The first-order valence-electron chi connectivity index (χ1n) is 5.00. The van der Waals surface area contributed by atoms with Gasteiger partial charge in [-0.1, -0.05) is 12.7 Å². The number of carbonyl (C=O) groups is 2. The molecule has 1 amide bonds. The number of nitrogens with one attached hydrogen (secondary N) is 1. The number of carboxylic acid groups (broad SMARTS) is 1. The molecule has 1 rings (SSSR count). The third-order valence-corrected chi connectivity index (χ3v) is 2.46. The van der Waals surface area contributed by atoms with E-state index in [9.17, 15) is 9.59 Å². The molecule has 1 aliphatic rings. The molecule has 2 N–H and O–H groups in total. The molecule has 0 saturated carbocycles. The van der Waals surface area contributed by atoms with Crippen LogP contribution in [0.1, 0.15) is 6.92 Å². The molecule has 1 saturated heterocycles. The Morgan fingerprint density at radius 2 is 2.38 bits per heavy atom. The summed E-state index contributed by atoms with van der Waals surface area (Å²) in [7, 11) is 0. The van der Waals surface area contributed by atoms with Crippen molar-refractivity contribution >= 4 is 12.1 Å². The minimum absolute atomic E-state index is 0.0955. The number of carbonyl (C=O) groups excluding carboxylic acids is 1. The molecule has 0 spiro atoms. The quantitative estimate of drug-likeness (QED) is 0.668. The fourth-order valence-electron chi connectivity index (χ4n) is 1.50. The zero-order valence-corrected chi connectivity index (χ0v) is 9.23. The number of hydrogen-bond donors (Lipinski definition) is 2. The summed E-state index contributed by atoms with van der Waals surface area (Å²) in [6.45, 7) is 6.08. The second-order valence-electron chi connectivity index (χ2n) is 3.85. The van der Waals surface area contributed by atoms with Crippen LogP contribution in [0, 0.1) is 0 Å². The molecule has 0 aromatic carbocycles. The zero-order valence-electron chi connectivity index (χ0n) is 9.23. The maximum Gasteiger partial charge on any atom is 0.410 e. The highest BCUT2D eigenvalue weighted by Gasteiger charge is 2.39. The fraction of sp³-hybridized carbons (Fsp3) is 0.600. The predicted octanol–water partition coefficient (Wildman–Crippen LogP) is 0.0575. The van der Waals surface area contributed by atoms with Crippen molar-refractivity contribution < 1.29 is 19.4 Å². The van der Waals surface area contributed by atoms with Crippen molar-refractivity contribution in [1.29, 1.82) is 0 Å². The van der Waals surface area contributed by atoms with Crippen molar-refractivity contribution in [2.75, 3.05) is 26.2 Å². The molecule has 1 unspecified atom stereocenters. The molecule has 6 heteroatoms. The number of nitrogens with zero attached hydrogens (tertiary/aromatic N) is 1. The number of rotatable bonds is 3. The van der Waals surface area contributed by atoms with Gasteiger partial charge in [-0.2, -0.15) is 0 Å². The van der Waals surface area contributed by atoms with Gasteiger partial charge in [0, 0.05) is 13.1 Å². The number of piperazine rings is 1. The lowest BCUT2D eigenvalue weighted by Crippen LogP contribution is -2.63. The first kappa shape index (κ1) is 12.5. The van der Waals surface area contributed by atoms with Crippen molar-refractivity contribution in [3.8, 4) is 0 Å². The van der Waals surface area contributed by atoms with Crippen LogP contribution >= 0.6 is 0 Å². The van der Waals surface area contributed by atoms with Crippen LogP contribution in [0.15, 0.2) is 12.7 Å². The van der Waals surface area contributed by atoms with Gasteiger partial charge in [0.15, 0.2) is 0 Å². The second-order valence-corrected chi connectivity index (χ2v) is 3.85. The molecule has 1 fully saturated rings. The van der Waals surface area contributed by atoms with E-state index in [1.54, 1.807) is 6.92 Å². The van der Waals surface area contributed by atoms with Gasteiger partial charge in [0.1, 0.15) is 12.1 Å². The molecule has 0 bridgehead atoms. The van der Waals surface area contributed by atoms with E-state index in [0.717, 1.165) is 0 Å². The molecule has 1 atom stereocenters. The van der Waals surface area contributed by atoms with Gasteiger partial charge in [-0.15, -0.1) is 0 Å². The average Bonchev–Trinajstić information content (AvgIpc) is 2.25. The summed E-state index contributed by atoms with van der Waals surface area (Å²) in [4.78, 5) is 23.9. The van der Waals surface area contributed by atoms with Gasteiger partial charge in [0.05, 0.1) is 6.54 Å². The Labute approximate surface area is 93.9 Å². The Kier molecular flexibility index (Phi) is 3.89. The predicted molar refractivity (Wildman–Crippen MR) is 57.2 cm³/mol. The largest absolute Gasteiger partial charge is 0.480 e. The SMILES string of the molecule is C=CCOC(=O)N1CCNC(C)(C(=O)O)C1. The van der Waals surface area contributed by atoms with Crippen LogP contribution in [0.2, 0.25) is 0 Å². The minimum atomic E-state index is -1.11. The number of amides is 1. The number of ether oxygens (including phenoxy) is 1. The van der Waals surface area contributed by atoms with Gasteiger partial charge in [0.25, 0.3) is 0 Å². The highest BCUT2D eigenvalue weighted by molar-refractivity contribution is 5.80. The van der Waals surface area contributed by atoms with Crippen molar-refractivity contribution in [2.24, 2.45) is 0 Å². The van der Waals surface area contributed by atoms with E-state index >= 15 is 0 Å². The highest BCUT2D eigenvalue weighted by Crippen LogP contribution is 2.12. The van der Waals surface area contributed by atoms with E-state index in [2.05, 4.69) is 11.9 Å². The van der Waals surface area contributed by atoms with E-state index < -0.39 is 17.6 Å². The number of carboxylic acids is 1. The lowest BCUT2D eigenvalue weighted by Gasteiger charge is -2.37. The normalized spacial score (nSPS) is 24.9. The monoisotopic (exact) mass is 228 g/mol. The maximum absolute atomic E-state index is 11.5. The van der Waals surface area contributed by atoms with E-state index in [0.29, 0.717) is 13.1 Å². The Morgan fingerprint density at radius 3 is 2.94 bits per heavy atom. The minimum Gasteiger partial charge on any atom is -0.480 e. The lowest BCUT2D eigenvalue weighted by atomic mass is 10.00. The summed E-state index contributed by atoms with van der Waals surface area (Å²) in [5.41, 5.74) is -1.11. The van der Waals surface area contributed by atoms with Crippen LogP contribution in [0.5, 0.6) is 0 Å². The Balaban J connectivity index is 2.59. The van der Waals surface area contributed by atoms with Gasteiger partial charge < -0.3 is 14.7 Å². The van der Waals surface area contributed by atoms with Gasteiger partial charge in [0.2, 0.25) is 0 Å². The van der Waals surface area contributed by atoms with E-state index in [4.69, 9.17) is 9.84 Å². The molecule has 1 aliphatic heterocycles. The maximum atomic E-state index is 11.5. The molecular weight excluding hydrogens is 212 g/mol. The molecule has 0 aliphatic carbocycles. The van der Waals surface area contributed by atoms with Crippen LogP contribution in [0.3, 0.4) is 0 Å². The van der Waals surface area contributed by atoms with Gasteiger partial charge in [-0.05, 0) is 6.92 Å². The third kappa shape index (κ3) is 2.73. The first-order chi connectivity index (χ1) is 7.49. The summed E-state index contributed by atoms with van der Waals surface area (Å²) in [6.07, 6.45) is 0.963. The van der Waals surface area contributed by atoms with E-state index in [1.807, 2.05) is 0 Å². The molecule has 0 aromatic rings.